The van der Waals surface area contributed by atoms with E-state index >= 15 is 0 Å². The summed E-state index contributed by atoms with van der Waals surface area (Å²) in [6, 6.07) is 17.3. The van der Waals surface area contributed by atoms with Gasteiger partial charge in [0.05, 0.1) is 11.0 Å². The summed E-state index contributed by atoms with van der Waals surface area (Å²) in [7, 11) is 0. The van der Waals surface area contributed by atoms with E-state index in [-0.39, 0.29) is 0 Å². The van der Waals surface area contributed by atoms with Crippen LogP contribution in [-0.4, -0.2) is 47.1 Å². The first-order chi connectivity index (χ1) is 13.7. The molecule has 5 nitrogen and oxygen atoms in total. The highest BCUT2D eigenvalue weighted by Crippen LogP contribution is 2.31. The number of fused-ring (bicyclic) bond motifs is 1. The number of nitrogens with zero attached hydrogens (tertiary/aromatic N) is 4. The molecule has 0 radical (unpaired) electrons. The first kappa shape index (κ1) is 17.9. The van der Waals surface area contributed by atoms with Crippen LogP contribution >= 0.6 is 15.9 Å². The van der Waals surface area contributed by atoms with Crippen LogP contribution in [0, 0.1) is 0 Å². The number of piperazine rings is 1. The van der Waals surface area contributed by atoms with Crippen molar-refractivity contribution in [2.24, 2.45) is 0 Å². The van der Waals surface area contributed by atoms with E-state index in [1.54, 1.807) is 0 Å². The largest absolute Gasteiger partial charge is 0.364 e. The molecule has 0 amide bonds. The Bertz CT molecular complexity index is 962. The van der Waals surface area contributed by atoms with Crippen LogP contribution in [-0.2, 0) is 6.54 Å². The summed E-state index contributed by atoms with van der Waals surface area (Å²) in [5, 5.41) is 3.60. The summed E-state index contributed by atoms with van der Waals surface area (Å²) >= 11 is 3.51. The molecule has 2 fully saturated rings. The Hall–Kier alpha value is -2.18. The zero-order valence-corrected chi connectivity index (χ0v) is 17.4. The van der Waals surface area contributed by atoms with Crippen molar-refractivity contribution in [2.45, 2.75) is 25.4 Å². The minimum Gasteiger partial charge on any atom is -0.364 e. The Labute approximate surface area is 173 Å². The lowest BCUT2D eigenvalue weighted by atomic mass is 10.2. The first-order valence-corrected chi connectivity index (χ1v) is 10.8. The van der Waals surface area contributed by atoms with E-state index < -0.39 is 0 Å². The number of hydrogen-bond donors (Lipinski definition) is 1. The molecule has 28 heavy (non-hydrogen) atoms. The molecule has 144 valence electrons. The fourth-order valence-corrected chi connectivity index (χ4v) is 3.96. The molecular weight excluding hydrogens is 414 g/mol. The minimum atomic E-state index is 0.563. The highest BCUT2D eigenvalue weighted by atomic mass is 79.9. The average molecular weight is 438 g/mol. The van der Waals surface area contributed by atoms with Crippen molar-refractivity contribution in [3.05, 3.63) is 58.6 Å². The third kappa shape index (κ3) is 3.98. The molecule has 5 rings (SSSR count). The van der Waals surface area contributed by atoms with Gasteiger partial charge >= 0.3 is 0 Å². The lowest BCUT2D eigenvalue weighted by molar-refractivity contribution is 0.249. The van der Waals surface area contributed by atoms with Crippen molar-refractivity contribution in [1.82, 2.24) is 14.9 Å². The fraction of sp³-hybridized carbons (Fsp3) is 0.364. The molecule has 1 saturated heterocycles. The Morgan fingerprint density at radius 2 is 1.57 bits per heavy atom. The highest BCUT2D eigenvalue weighted by molar-refractivity contribution is 9.10. The van der Waals surface area contributed by atoms with Crippen LogP contribution in [0.25, 0.3) is 11.0 Å². The van der Waals surface area contributed by atoms with Crippen molar-refractivity contribution >= 4 is 38.6 Å². The maximum atomic E-state index is 4.98. The number of nitrogens with one attached hydrogen (secondary N) is 1. The second-order valence-electron chi connectivity index (χ2n) is 7.69. The minimum absolute atomic E-state index is 0.563. The standard InChI is InChI=1S/C22H24BrN5/c23-17-7-5-16(6-8-17)15-27-11-13-28(14-12-27)22-21(24-18-9-10-18)25-19-3-1-2-4-20(19)26-22/h1-8,18H,9-15H2,(H,24,25). The quantitative estimate of drug-likeness (QED) is 0.644. The molecule has 0 bridgehead atoms. The van der Waals surface area contributed by atoms with E-state index in [0.717, 1.165) is 59.9 Å². The lowest BCUT2D eigenvalue weighted by Crippen LogP contribution is -2.46. The third-order valence-electron chi connectivity index (χ3n) is 5.46. The van der Waals surface area contributed by atoms with Gasteiger partial charge in [-0.3, -0.25) is 4.90 Å². The summed E-state index contributed by atoms with van der Waals surface area (Å²) < 4.78 is 1.13. The van der Waals surface area contributed by atoms with Crippen LogP contribution < -0.4 is 10.2 Å². The van der Waals surface area contributed by atoms with E-state index in [9.17, 15) is 0 Å². The van der Waals surface area contributed by atoms with Gasteiger partial charge in [0.1, 0.15) is 0 Å². The smallest absolute Gasteiger partial charge is 0.172 e. The van der Waals surface area contributed by atoms with Gasteiger partial charge in [0, 0.05) is 43.2 Å². The van der Waals surface area contributed by atoms with E-state index in [4.69, 9.17) is 9.97 Å². The molecule has 1 aliphatic carbocycles. The van der Waals surface area contributed by atoms with Gasteiger partial charge in [-0.1, -0.05) is 40.2 Å². The van der Waals surface area contributed by atoms with Gasteiger partial charge < -0.3 is 10.2 Å². The van der Waals surface area contributed by atoms with Crippen LogP contribution in [0.3, 0.4) is 0 Å². The van der Waals surface area contributed by atoms with Crippen LogP contribution in [0.4, 0.5) is 11.6 Å². The Morgan fingerprint density at radius 1 is 0.893 bits per heavy atom. The number of benzene rings is 2. The molecule has 0 unspecified atom stereocenters. The molecule has 0 atom stereocenters. The van der Waals surface area contributed by atoms with E-state index in [0.29, 0.717) is 6.04 Å². The molecule has 0 spiro atoms. The zero-order chi connectivity index (χ0) is 18.9. The molecule has 1 saturated carbocycles. The zero-order valence-electron chi connectivity index (χ0n) is 15.8. The Kier molecular flexibility index (Phi) is 4.91. The number of halogens is 1. The van der Waals surface area contributed by atoms with Crippen LogP contribution in [0.5, 0.6) is 0 Å². The van der Waals surface area contributed by atoms with Crippen LogP contribution in [0.2, 0.25) is 0 Å². The summed E-state index contributed by atoms with van der Waals surface area (Å²) in [5.74, 6) is 1.96. The average Bonchev–Trinajstić information content (AvgIpc) is 3.54. The number of aromatic nitrogens is 2. The fourth-order valence-electron chi connectivity index (χ4n) is 3.69. The van der Waals surface area contributed by atoms with Crippen molar-refractivity contribution in [3.8, 4) is 0 Å². The molecular formula is C22H24BrN5. The molecule has 1 aromatic heterocycles. The number of hydrogen-bond acceptors (Lipinski definition) is 5. The summed E-state index contributed by atoms with van der Waals surface area (Å²) in [5.41, 5.74) is 3.29. The second-order valence-corrected chi connectivity index (χ2v) is 8.61. The maximum absolute atomic E-state index is 4.98. The Morgan fingerprint density at radius 3 is 2.25 bits per heavy atom. The van der Waals surface area contributed by atoms with Crippen LogP contribution in [0.15, 0.2) is 53.0 Å². The van der Waals surface area contributed by atoms with Crippen molar-refractivity contribution in [1.29, 1.82) is 0 Å². The molecule has 2 heterocycles. The Balaban J connectivity index is 1.32. The molecule has 2 aliphatic rings. The SMILES string of the molecule is Brc1ccc(CN2CCN(c3nc4ccccc4nc3NC3CC3)CC2)cc1. The molecule has 1 N–H and O–H groups in total. The van der Waals surface area contributed by atoms with Gasteiger partial charge in [-0.25, -0.2) is 9.97 Å². The summed E-state index contributed by atoms with van der Waals surface area (Å²) in [6.45, 7) is 5.02. The monoisotopic (exact) mass is 437 g/mol. The molecule has 2 aromatic carbocycles. The summed E-state index contributed by atoms with van der Waals surface area (Å²) in [4.78, 5) is 14.8. The van der Waals surface area contributed by atoms with Crippen molar-refractivity contribution in [3.63, 3.8) is 0 Å². The highest BCUT2D eigenvalue weighted by Gasteiger charge is 2.26. The van der Waals surface area contributed by atoms with Crippen molar-refractivity contribution < 1.29 is 0 Å². The van der Waals surface area contributed by atoms with E-state index in [1.165, 1.54) is 18.4 Å². The van der Waals surface area contributed by atoms with Gasteiger partial charge in [0.25, 0.3) is 0 Å². The van der Waals surface area contributed by atoms with Gasteiger partial charge in [-0.05, 0) is 42.7 Å². The third-order valence-corrected chi connectivity index (χ3v) is 5.99. The van der Waals surface area contributed by atoms with Crippen LogP contribution in [0.1, 0.15) is 18.4 Å². The van der Waals surface area contributed by atoms with Crippen molar-refractivity contribution in [2.75, 3.05) is 36.4 Å². The van der Waals surface area contributed by atoms with E-state index in [1.807, 2.05) is 18.2 Å². The second kappa shape index (κ2) is 7.68. The van der Waals surface area contributed by atoms with E-state index in [2.05, 4.69) is 61.4 Å². The maximum Gasteiger partial charge on any atom is 0.172 e. The van der Waals surface area contributed by atoms with Gasteiger partial charge in [-0.15, -0.1) is 0 Å². The predicted octanol–water partition coefficient (Wildman–Crippen LogP) is 4.29. The molecule has 1 aliphatic heterocycles. The number of anilines is 2. The van der Waals surface area contributed by atoms with Gasteiger partial charge in [-0.2, -0.15) is 0 Å². The molecule has 6 heteroatoms. The van der Waals surface area contributed by atoms with Gasteiger partial charge in [0.2, 0.25) is 0 Å². The number of rotatable bonds is 5. The summed E-state index contributed by atoms with van der Waals surface area (Å²) in [6.07, 6.45) is 2.46. The molecule has 3 aromatic rings. The lowest BCUT2D eigenvalue weighted by Gasteiger charge is -2.36. The first-order valence-electron chi connectivity index (χ1n) is 10.00. The number of para-hydroxylation sites is 2. The van der Waals surface area contributed by atoms with Gasteiger partial charge in [0.15, 0.2) is 11.6 Å². The normalized spacial score (nSPS) is 17.8. The predicted molar refractivity (Wildman–Crippen MR) is 118 cm³/mol. The topological polar surface area (TPSA) is 44.3 Å².